The molecule has 6 heteroatoms. The van der Waals surface area contributed by atoms with Crippen LogP contribution in [-0.2, 0) is 4.79 Å². The third-order valence-electron chi connectivity index (χ3n) is 5.57. The standard InChI is InChI=1S/C18H23FN2O3/c19-15-11(7-4-8-12(15)18(23)24)13-9-21-16(17(20)22)14(13)10-5-2-1-3-6-10/h4,7-8,10,13-14,16,21H,1-3,5-6,9H2,(H2,20,22)(H,23,24)/t13?,14-,16+/m1/s1. The van der Waals surface area contributed by atoms with Crippen molar-refractivity contribution in [1.29, 1.82) is 0 Å². The van der Waals surface area contributed by atoms with Gasteiger partial charge in [-0.05, 0) is 23.5 Å². The molecular formula is C18H23FN2O3. The number of halogens is 1. The third kappa shape index (κ3) is 3.02. The summed E-state index contributed by atoms with van der Waals surface area (Å²) < 4.78 is 14.7. The summed E-state index contributed by atoms with van der Waals surface area (Å²) in [7, 11) is 0. The molecule has 1 aliphatic heterocycles. The second kappa shape index (κ2) is 6.89. The number of carboxylic acids is 1. The van der Waals surface area contributed by atoms with Crippen LogP contribution in [0.15, 0.2) is 18.2 Å². The molecule has 0 bridgehead atoms. The summed E-state index contributed by atoms with van der Waals surface area (Å²) in [4.78, 5) is 23.1. The number of nitrogens with two attached hydrogens (primary N) is 1. The van der Waals surface area contributed by atoms with Gasteiger partial charge in [-0.2, -0.15) is 0 Å². The van der Waals surface area contributed by atoms with Crippen molar-refractivity contribution in [1.82, 2.24) is 5.32 Å². The first-order valence-corrected chi connectivity index (χ1v) is 8.55. The van der Waals surface area contributed by atoms with Crippen LogP contribution < -0.4 is 11.1 Å². The van der Waals surface area contributed by atoms with E-state index in [9.17, 15) is 14.0 Å². The van der Waals surface area contributed by atoms with Gasteiger partial charge in [0.1, 0.15) is 5.82 Å². The molecule has 24 heavy (non-hydrogen) atoms. The van der Waals surface area contributed by atoms with E-state index in [2.05, 4.69) is 5.32 Å². The van der Waals surface area contributed by atoms with Gasteiger partial charge in [0.15, 0.2) is 0 Å². The Bertz CT molecular complexity index is 643. The summed E-state index contributed by atoms with van der Waals surface area (Å²) in [5.74, 6) is -2.39. The molecule has 1 saturated heterocycles. The summed E-state index contributed by atoms with van der Waals surface area (Å²) in [6.07, 6.45) is 5.42. The number of hydrogen-bond donors (Lipinski definition) is 3. The van der Waals surface area contributed by atoms with Crippen molar-refractivity contribution in [3.05, 3.63) is 35.1 Å². The van der Waals surface area contributed by atoms with Crippen molar-refractivity contribution in [2.24, 2.45) is 17.6 Å². The highest BCUT2D eigenvalue weighted by Gasteiger charge is 2.45. The highest BCUT2D eigenvalue weighted by Crippen LogP contribution is 2.43. The maximum Gasteiger partial charge on any atom is 0.338 e. The molecule has 1 heterocycles. The third-order valence-corrected chi connectivity index (χ3v) is 5.57. The smallest absolute Gasteiger partial charge is 0.338 e. The van der Waals surface area contributed by atoms with Crippen LogP contribution in [0, 0.1) is 17.7 Å². The Morgan fingerprint density at radius 3 is 2.54 bits per heavy atom. The molecule has 2 fully saturated rings. The second-order valence-corrected chi connectivity index (χ2v) is 6.88. The summed E-state index contributed by atoms with van der Waals surface area (Å²) in [6.45, 7) is 0.439. The maximum atomic E-state index is 14.7. The van der Waals surface area contributed by atoms with Gasteiger partial charge in [-0.1, -0.05) is 44.2 Å². The number of carbonyl (C=O) groups is 2. The zero-order valence-corrected chi connectivity index (χ0v) is 13.5. The van der Waals surface area contributed by atoms with Gasteiger partial charge < -0.3 is 16.2 Å². The van der Waals surface area contributed by atoms with Gasteiger partial charge in [-0.3, -0.25) is 4.79 Å². The van der Waals surface area contributed by atoms with Gasteiger partial charge in [0.05, 0.1) is 11.6 Å². The number of benzene rings is 1. The molecule has 4 N–H and O–H groups in total. The molecule has 3 atom stereocenters. The van der Waals surface area contributed by atoms with Gasteiger partial charge in [-0.15, -0.1) is 0 Å². The first-order chi connectivity index (χ1) is 11.5. The van der Waals surface area contributed by atoms with Crippen LogP contribution in [0.5, 0.6) is 0 Å². The average Bonchev–Trinajstić information content (AvgIpc) is 3.00. The van der Waals surface area contributed by atoms with E-state index in [4.69, 9.17) is 10.8 Å². The lowest BCUT2D eigenvalue weighted by atomic mass is 9.70. The van der Waals surface area contributed by atoms with Crippen molar-refractivity contribution in [3.63, 3.8) is 0 Å². The Hall–Kier alpha value is -1.95. The van der Waals surface area contributed by atoms with Gasteiger partial charge >= 0.3 is 5.97 Å². The number of rotatable bonds is 4. The fraction of sp³-hybridized carbons (Fsp3) is 0.556. The molecule has 0 spiro atoms. The fourth-order valence-electron chi connectivity index (χ4n) is 4.49. The lowest BCUT2D eigenvalue weighted by molar-refractivity contribution is -0.121. The molecule has 0 radical (unpaired) electrons. The van der Waals surface area contributed by atoms with E-state index < -0.39 is 23.7 Å². The lowest BCUT2D eigenvalue weighted by Crippen LogP contribution is -2.43. The van der Waals surface area contributed by atoms with Crippen LogP contribution in [0.2, 0.25) is 0 Å². The van der Waals surface area contributed by atoms with Crippen LogP contribution in [0.25, 0.3) is 0 Å². The first kappa shape index (κ1) is 16.9. The first-order valence-electron chi connectivity index (χ1n) is 8.55. The van der Waals surface area contributed by atoms with Crippen molar-refractivity contribution in [3.8, 4) is 0 Å². The molecule has 3 rings (SSSR count). The lowest BCUT2D eigenvalue weighted by Gasteiger charge is -2.34. The van der Waals surface area contributed by atoms with Crippen LogP contribution >= 0.6 is 0 Å². The zero-order valence-electron chi connectivity index (χ0n) is 13.5. The maximum absolute atomic E-state index is 14.7. The summed E-state index contributed by atoms with van der Waals surface area (Å²) in [5.41, 5.74) is 5.62. The Kier molecular flexibility index (Phi) is 4.85. The largest absolute Gasteiger partial charge is 0.478 e. The van der Waals surface area contributed by atoms with Crippen molar-refractivity contribution in [2.75, 3.05) is 6.54 Å². The van der Waals surface area contributed by atoms with Gasteiger partial charge in [0, 0.05) is 12.5 Å². The minimum atomic E-state index is -1.28. The van der Waals surface area contributed by atoms with Crippen LogP contribution in [0.1, 0.15) is 53.9 Å². The number of aromatic carboxylic acids is 1. The monoisotopic (exact) mass is 334 g/mol. The predicted molar refractivity (Wildman–Crippen MR) is 87.2 cm³/mol. The van der Waals surface area contributed by atoms with Gasteiger partial charge in [-0.25, -0.2) is 9.18 Å². The highest BCUT2D eigenvalue weighted by atomic mass is 19.1. The minimum absolute atomic E-state index is 0.0821. The highest BCUT2D eigenvalue weighted by molar-refractivity contribution is 5.88. The number of nitrogens with one attached hydrogen (secondary N) is 1. The molecule has 1 amide bonds. The SMILES string of the molecule is NC(=O)[C@H]1NCC(c2cccc(C(=O)O)c2F)[C@H]1C1CCCCC1. The number of primary amides is 1. The van der Waals surface area contributed by atoms with Crippen LogP contribution in [0.4, 0.5) is 4.39 Å². The predicted octanol–water partition coefficient (Wildman–Crippen LogP) is 2.26. The number of carbonyl (C=O) groups excluding carboxylic acids is 1. The molecule has 5 nitrogen and oxygen atoms in total. The summed E-state index contributed by atoms with van der Waals surface area (Å²) in [5, 5.41) is 12.3. The molecule has 1 aromatic carbocycles. The Morgan fingerprint density at radius 2 is 1.92 bits per heavy atom. The molecule has 1 aliphatic carbocycles. The van der Waals surface area contributed by atoms with Crippen LogP contribution in [0.3, 0.4) is 0 Å². The van der Waals surface area contributed by atoms with E-state index in [1.165, 1.54) is 12.5 Å². The van der Waals surface area contributed by atoms with Gasteiger partial charge in [0.25, 0.3) is 0 Å². The Labute approximate surface area is 140 Å². The molecule has 130 valence electrons. The van der Waals surface area contributed by atoms with E-state index in [0.717, 1.165) is 25.7 Å². The Morgan fingerprint density at radius 1 is 1.21 bits per heavy atom. The molecular weight excluding hydrogens is 311 g/mol. The van der Waals surface area contributed by atoms with Gasteiger partial charge in [0.2, 0.25) is 5.91 Å². The molecule has 1 unspecified atom stereocenters. The summed E-state index contributed by atoms with van der Waals surface area (Å²) >= 11 is 0. The van der Waals surface area contributed by atoms with Crippen molar-refractivity contribution < 1.29 is 19.1 Å². The van der Waals surface area contributed by atoms with E-state index in [-0.39, 0.29) is 17.4 Å². The van der Waals surface area contributed by atoms with E-state index in [0.29, 0.717) is 18.0 Å². The molecule has 0 aromatic heterocycles. The Balaban J connectivity index is 1.97. The normalized spacial score (nSPS) is 28.0. The van der Waals surface area contributed by atoms with E-state index >= 15 is 0 Å². The van der Waals surface area contributed by atoms with Crippen molar-refractivity contribution in [2.45, 2.75) is 44.1 Å². The number of amides is 1. The molecule has 1 saturated carbocycles. The van der Waals surface area contributed by atoms with Crippen molar-refractivity contribution >= 4 is 11.9 Å². The average molecular weight is 334 g/mol. The fourth-order valence-corrected chi connectivity index (χ4v) is 4.49. The molecule has 1 aromatic rings. The van der Waals surface area contributed by atoms with E-state index in [1.807, 2.05) is 0 Å². The van der Waals surface area contributed by atoms with E-state index in [1.54, 1.807) is 12.1 Å². The number of hydrogen-bond acceptors (Lipinski definition) is 3. The van der Waals surface area contributed by atoms with Crippen LogP contribution in [-0.4, -0.2) is 29.6 Å². The quantitative estimate of drug-likeness (QED) is 0.787. The number of carboxylic acid groups (broad SMARTS) is 1. The second-order valence-electron chi connectivity index (χ2n) is 6.88. The minimum Gasteiger partial charge on any atom is -0.478 e. The zero-order chi connectivity index (χ0) is 17.3. The topological polar surface area (TPSA) is 92.4 Å². The molecule has 2 aliphatic rings. The summed E-state index contributed by atoms with van der Waals surface area (Å²) in [6, 6.07) is 3.99.